The van der Waals surface area contributed by atoms with Crippen LogP contribution in [-0.2, 0) is 0 Å². The molecule has 0 atom stereocenters. The first-order valence-electron chi connectivity index (χ1n) is 5.25. The van der Waals surface area contributed by atoms with Crippen LogP contribution in [0.25, 0.3) is 0 Å². The predicted molar refractivity (Wildman–Crippen MR) is 74.6 cm³/mol. The van der Waals surface area contributed by atoms with Crippen LogP contribution in [-0.4, -0.2) is 9.97 Å². The summed E-state index contributed by atoms with van der Waals surface area (Å²) in [5.74, 6) is 0.684. The number of aromatic nitrogens is 1. The highest BCUT2D eigenvalue weighted by atomic mass is 32.1. The van der Waals surface area contributed by atoms with Crippen molar-refractivity contribution in [2.24, 2.45) is 5.73 Å². The van der Waals surface area contributed by atoms with E-state index in [-0.39, 0.29) is 0 Å². The maximum Gasteiger partial charge on any atom is 0.140 e. The van der Waals surface area contributed by atoms with E-state index < -0.39 is 0 Å². The number of benzene rings is 1. The number of rotatable bonds is 3. The van der Waals surface area contributed by atoms with Gasteiger partial charge in [0.1, 0.15) is 10.8 Å². The van der Waals surface area contributed by atoms with E-state index in [1.165, 1.54) is 5.56 Å². The van der Waals surface area contributed by atoms with Gasteiger partial charge in [0.15, 0.2) is 0 Å². The van der Waals surface area contributed by atoms with Gasteiger partial charge in [-0.05, 0) is 31.2 Å². The maximum absolute atomic E-state index is 5.64. The largest absolute Gasteiger partial charge is 0.389 e. The second kappa shape index (κ2) is 4.93. The lowest BCUT2D eigenvalue weighted by atomic mass is 10.2. The fourth-order valence-electron chi connectivity index (χ4n) is 1.48. The van der Waals surface area contributed by atoms with E-state index in [9.17, 15) is 0 Å². The van der Waals surface area contributed by atoms with Crippen LogP contribution in [0.5, 0.6) is 0 Å². The number of aryl methyl sites for hydroxylation is 1. The fraction of sp³-hybridized carbons (Fsp3) is 0.0769. The molecule has 0 saturated carbocycles. The minimum Gasteiger partial charge on any atom is -0.389 e. The van der Waals surface area contributed by atoms with Crippen LogP contribution in [0.2, 0.25) is 0 Å². The van der Waals surface area contributed by atoms with Gasteiger partial charge in [-0.2, -0.15) is 0 Å². The molecule has 0 saturated heterocycles. The fourth-order valence-corrected chi connectivity index (χ4v) is 1.64. The summed E-state index contributed by atoms with van der Waals surface area (Å²) in [6.45, 7) is 2.05. The van der Waals surface area contributed by atoms with Crippen LogP contribution in [0.3, 0.4) is 0 Å². The highest BCUT2D eigenvalue weighted by Crippen LogP contribution is 2.18. The average Bonchev–Trinajstić information content (AvgIpc) is 2.32. The minimum absolute atomic E-state index is 0.340. The van der Waals surface area contributed by atoms with Crippen molar-refractivity contribution >= 4 is 28.7 Å². The summed E-state index contributed by atoms with van der Waals surface area (Å²) in [7, 11) is 0. The van der Waals surface area contributed by atoms with Crippen LogP contribution in [0.4, 0.5) is 11.5 Å². The quantitative estimate of drug-likeness (QED) is 0.814. The zero-order valence-corrected chi connectivity index (χ0v) is 10.3. The van der Waals surface area contributed by atoms with E-state index in [4.69, 9.17) is 18.0 Å². The lowest BCUT2D eigenvalue weighted by molar-refractivity contribution is 1.29. The molecule has 0 amide bonds. The van der Waals surface area contributed by atoms with Gasteiger partial charge < -0.3 is 11.1 Å². The lowest BCUT2D eigenvalue weighted by Gasteiger charge is -2.09. The Bertz CT molecular complexity index is 535. The Kier molecular flexibility index (Phi) is 3.35. The Morgan fingerprint density at radius 1 is 1.24 bits per heavy atom. The van der Waals surface area contributed by atoms with Crippen LogP contribution in [0, 0.1) is 6.92 Å². The van der Waals surface area contributed by atoms with Gasteiger partial charge in [0.2, 0.25) is 0 Å². The van der Waals surface area contributed by atoms with E-state index in [0.717, 1.165) is 11.3 Å². The summed E-state index contributed by atoms with van der Waals surface area (Å²) in [5, 5.41) is 3.20. The third-order valence-corrected chi connectivity index (χ3v) is 2.61. The molecule has 3 N–H and O–H groups in total. The molecule has 0 aliphatic carbocycles. The third kappa shape index (κ3) is 2.79. The van der Waals surface area contributed by atoms with Gasteiger partial charge in [-0.3, -0.25) is 0 Å². The smallest absolute Gasteiger partial charge is 0.140 e. The summed E-state index contributed by atoms with van der Waals surface area (Å²) in [4.78, 5) is 4.58. The number of hydrogen-bond acceptors (Lipinski definition) is 3. The molecule has 1 aromatic heterocycles. The second-order valence-corrected chi connectivity index (χ2v) is 4.19. The molecule has 4 heteroatoms. The molecule has 1 aromatic carbocycles. The topological polar surface area (TPSA) is 50.9 Å². The third-order valence-electron chi connectivity index (χ3n) is 2.39. The van der Waals surface area contributed by atoms with Gasteiger partial charge in [0, 0.05) is 11.9 Å². The molecule has 0 aliphatic rings. The number of pyridine rings is 1. The first-order valence-corrected chi connectivity index (χ1v) is 5.66. The summed E-state index contributed by atoms with van der Waals surface area (Å²) in [6, 6.07) is 11.7. The molecule has 0 unspecified atom stereocenters. The monoisotopic (exact) mass is 243 g/mol. The number of nitrogens with one attached hydrogen (secondary N) is 1. The van der Waals surface area contributed by atoms with Crippen LogP contribution in [0.15, 0.2) is 42.6 Å². The van der Waals surface area contributed by atoms with Crippen molar-refractivity contribution in [1.82, 2.24) is 4.98 Å². The van der Waals surface area contributed by atoms with E-state index in [2.05, 4.69) is 10.3 Å². The zero-order valence-electron chi connectivity index (χ0n) is 9.47. The van der Waals surface area contributed by atoms with Gasteiger partial charge in [0.25, 0.3) is 0 Å². The number of thiocarbonyl (C=S) groups is 1. The Labute approximate surface area is 106 Å². The molecule has 2 rings (SSSR count). The van der Waals surface area contributed by atoms with Crippen molar-refractivity contribution in [3.63, 3.8) is 0 Å². The standard InChI is InChI=1S/C13H13N3S/c1-9-4-6-10(7-5-9)16-13-11(12(14)17)3-2-8-15-13/h2-8H,1H3,(H2,14,17)(H,15,16). The number of nitrogens with zero attached hydrogens (tertiary/aromatic N) is 1. The average molecular weight is 243 g/mol. The molecule has 17 heavy (non-hydrogen) atoms. The van der Waals surface area contributed by atoms with Crippen molar-refractivity contribution in [1.29, 1.82) is 0 Å². The maximum atomic E-state index is 5.64. The van der Waals surface area contributed by atoms with Crippen molar-refractivity contribution in [2.45, 2.75) is 6.92 Å². The predicted octanol–water partition coefficient (Wildman–Crippen LogP) is 2.77. The van der Waals surface area contributed by atoms with E-state index >= 15 is 0 Å². The van der Waals surface area contributed by atoms with Crippen LogP contribution in [0.1, 0.15) is 11.1 Å². The van der Waals surface area contributed by atoms with Gasteiger partial charge in [-0.1, -0.05) is 29.9 Å². The molecule has 86 valence electrons. The highest BCUT2D eigenvalue weighted by Gasteiger charge is 2.05. The van der Waals surface area contributed by atoms with Crippen LogP contribution >= 0.6 is 12.2 Å². The summed E-state index contributed by atoms with van der Waals surface area (Å²) in [6.07, 6.45) is 1.71. The van der Waals surface area contributed by atoms with Crippen molar-refractivity contribution < 1.29 is 0 Å². The van der Waals surface area contributed by atoms with Crippen molar-refractivity contribution in [3.8, 4) is 0 Å². The molecule has 2 aromatic rings. The lowest BCUT2D eigenvalue weighted by Crippen LogP contribution is -2.12. The molecule has 0 bridgehead atoms. The number of hydrogen-bond donors (Lipinski definition) is 2. The van der Waals surface area contributed by atoms with Crippen LogP contribution < -0.4 is 11.1 Å². The molecule has 0 aliphatic heterocycles. The number of anilines is 2. The SMILES string of the molecule is Cc1ccc(Nc2ncccc2C(N)=S)cc1. The zero-order chi connectivity index (χ0) is 12.3. The van der Waals surface area contributed by atoms with E-state index in [0.29, 0.717) is 10.8 Å². The van der Waals surface area contributed by atoms with Gasteiger partial charge >= 0.3 is 0 Å². The Morgan fingerprint density at radius 3 is 2.59 bits per heavy atom. The van der Waals surface area contributed by atoms with E-state index in [1.54, 1.807) is 6.20 Å². The second-order valence-electron chi connectivity index (χ2n) is 3.75. The molecular weight excluding hydrogens is 230 g/mol. The Hall–Kier alpha value is -1.94. The molecular formula is C13H13N3S. The van der Waals surface area contributed by atoms with Gasteiger partial charge in [0.05, 0.1) is 5.56 Å². The molecule has 0 fully saturated rings. The Balaban J connectivity index is 2.30. The van der Waals surface area contributed by atoms with E-state index in [1.807, 2.05) is 43.3 Å². The number of nitrogens with two attached hydrogens (primary N) is 1. The normalized spacial score (nSPS) is 9.94. The minimum atomic E-state index is 0.340. The van der Waals surface area contributed by atoms with Gasteiger partial charge in [-0.15, -0.1) is 0 Å². The molecule has 1 heterocycles. The first kappa shape index (κ1) is 11.5. The van der Waals surface area contributed by atoms with Crippen molar-refractivity contribution in [3.05, 3.63) is 53.7 Å². The van der Waals surface area contributed by atoms with Crippen molar-refractivity contribution in [2.75, 3.05) is 5.32 Å². The first-order chi connectivity index (χ1) is 8.16. The summed E-state index contributed by atoms with van der Waals surface area (Å²) in [5.41, 5.74) is 8.58. The summed E-state index contributed by atoms with van der Waals surface area (Å²) < 4.78 is 0. The molecule has 0 radical (unpaired) electrons. The van der Waals surface area contributed by atoms with Gasteiger partial charge in [-0.25, -0.2) is 4.98 Å². The molecule has 3 nitrogen and oxygen atoms in total. The molecule has 0 spiro atoms. The Morgan fingerprint density at radius 2 is 1.94 bits per heavy atom. The summed E-state index contributed by atoms with van der Waals surface area (Å²) >= 11 is 4.98. The highest BCUT2D eigenvalue weighted by molar-refractivity contribution is 7.80.